The van der Waals surface area contributed by atoms with Crippen LogP contribution in [0.5, 0.6) is 0 Å². The van der Waals surface area contributed by atoms with E-state index in [0.29, 0.717) is 13.0 Å². The molecule has 0 radical (unpaired) electrons. The number of rotatable bonds is 7. The molecular formula is C15H23NO2. The Morgan fingerprint density at radius 3 is 2.61 bits per heavy atom. The van der Waals surface area contributed by atoms with Gasteiger partial charge >= 0.3 is 5.97 Å². The monoisotopic (exact) mass is 249 g/mol. The van der Waals surface area contributed by atoms with E-state index < -0.39 is 0 Å². The van der Waals surface area contributed by atoms with Crippen molar-refractivity contribution in [3.8, 4) is 6.07 Å². The second-order valence-electron chi connectivity index (χ2n) is 4.92. The van der Waals surface area contributed by atoms with Crippen LogP contribution >= 0.6 is 0 Å². The molecule has 3 nitrogen and oxygen atoms in total. The first kappa shape index (κ1) is 16.4. The maximum atomic E-state index is 11.6. The van der Waals surface area contributed by atoms with Crippen molar-refractivity contribution in [1.82, 2.24) is 0 Å². The fourth-order valence-corrected chi connectivity index (χ4v) is 1.70. The predicted molar refractivity (Wildman–Crippen MR) is 72.8 cm³/mol. The largest absolute Gasteiger partial charge is 0.466 e. The minimum Gasteiger partial charge on any atom is -0.466 e. The fourth-order valence-electron chi connectivity index (χ4n) is 1.70. The van der Waals surface area contributed by atoms with Gasteiger partial charge in [-0.15, -0.1) is 0 Å². The van der Waals surface area contributed by atoms with Crippen molar-refractivity contribution in [2.45, 2.75) is 47.0 Å². The number of carbonyl (C=O) groups is 1. The Bertz CT molecular complexity index is 359. The smallest absolute Gasteiger partial charge is 0.306 e. The van der Waals surface area contributed by atoms with E-state index >= 15 is 0 Å². The molecule has 3 heteroatoms. The number of ether oxygens (including phenoxy) is 1. The molecule has 0 N–H and O–H groups in total. The molecule has 1 atom stereocenters. The van der Waals surface area contributed by atoms with Gasteiger partial charge in [-0.2, -0.15) is 5.26 Å². The van der Waals surface area contributed by atoms with E-state index in [1.807, 2.05) is 32.9 Å². The van der Waals surface area contributed by atoms with Gasteiger partial charge in [0.1, 0.15) is 0 Å². The molecule has 18 heavy (non-hydrogen) atoms. The highest BCUT2D eigenvalue weighted by molar-refractivity contribution is 5.70. The van der Waals surface area contributed by atoms with Gasteiger partial charge in [0.15, 0.2) is 0 Å². The first-order valence-corrected chi connectivity index (χ1v) is 6.30. The van der Waals surface area contributed by atoms with Gasteiger partial charge in [0, 0.05) is 6.08 Å². The van der Waals surface area contributed by atoms with Gasteiger partial charge in [-0.1, -0.05) is 24.6 Å². The number of allylic oxidation sites excluding steroid dienone is 4. The summed E-state index contributed by atoms with van der Waals surface area (Å²) in [5, 5.41) is 8.62. The summed E-state index contributed by atoms with van der Waals surface area (Å²) in [6, 6.07) is 1.98. The molecule has 0 aliphatic carbocycles. The summed E-state index contributed by atoms with van der Waals surface area (Å²) < 4.78 is 4.97. The van der Waals surface area contributed by atoms with Crippen LogP contribution in [0.4, 0.5) is 0 Å². The Morgan fingerprint density at radius 1 is 1.44 bits per heavy atom. The minimum absolute atomic E-state index is 0.209. The summed E-state index contributed by atoms with van der Waals surface area (Å²) in [4.78, 5) is 11.6. The van der Waals surface area contributed by atoms with Crippen molar-refractivity contribution in [2.75, 3.05) is 6.61 Å². The second-order valence-corrected chi connectivity index (χ2v) is 4.92. The zero-order valence-electron chi connectivity index (χ0n) is 11.8. The Hall–Kier alpha value is -1.56. The third-order valence-corrected chi connectivity index (χ3v) is 2.68. The zero-order chi connectivity index (χ0) is 14.0. The molecule has 0 spiro atoms. The van der Waals surface area contributed by atoms with Crippen LogP contribution in [0, 0.1) is 16.7 Å². The van der Waals surface area contributed by atoms with E-state index in [1.165, 1.54) is 11.6 Å². The highest BCUT2D eigenvalue weighted by Gasteiger charge is 2.24. The molecule has 0 aromatic carbocycles. The molecule has 0 bridgehead atoms. The number of nitrogens with zero attached hydrogens (tertiary/aromatic N) is 1. The molecule has 0 aromatic rings. The summed E-state index contributed by atoms with van der Waals surface area (Å²) in [6.07, 6.45) is 7.44. The quantitative estimate of drug-likeness (QED) is 0.392. The van der Waals surface area contributed by atoms with Crippen LogP contribution in [0.3, 0.4) is 0 Å². The maximum Gasteiger partial charge on any atom is 0.306 e. The molecule has 0 saturated heterocycles. The predicted octanol–water partition coefficient (Wildman–Crippen LogP) is 3.77. The first-order valence-electron chi connectivity index (χ1n) is 6.30. The van der Waals surface area contributed by atoms with Gasteiger partial charge in [-0.05, 0) is 39.0 Å². The second kappa shape index (κ2) is 8.52. The van der Waals surface area contributed by atoms with Crippen molar-refractivity contribution in [3.05, 3.63) is 23.8 Å². The van der Waals surface area contributed by atoms with E-state index in [2.05, 4.69) is 6.08 Å². The van der Waals surface area contributed by atoms with Crippen LogP contribution in [0.1, 0.15) is 47.0 Å². The molecule has 0 heterocycles. The molecular weight excluding hydrogens is 226 g/mol. The van der Waals surface area contributed by atoms with Crippen molar-refractivity contribution >= 4 is 5.97 Å². The highest BCUT2D eigenvalue weighted by atomic mass is 16.5. The summed E-state index contributed by atoms with van der Waals surface area (Å²) in [5.41, 5.74) is 0.950. The van der Waals surface area contributed by atoms with Crippen LogP contribution in [-0.2, 0) is 9.53 Å². The van der Waals surface area contributed by atoms with Crippen LogP contribution in [-0.4, -0.2) is 12.6 Å². The van der Waals surface area contributed by atoms with Gasteiger partial charge in [-0.25, -0.2) is 0 Å². The molecule has 100 valence electrons. The van der Waals surface area contributed by atoms with E-state index in [4.69, 9.17) is 10.00 Å². The van der Waals surface area contributed by atoms with E-state index in [-0.39, 0.29) is 11.4 Å². The summed E-state index contributed by atoms with van der Waals surface area (Å²) in [6.45, 7) is 8.27. The van der Waals surface area contributed by atoms with Gasteiger partial charge in [0.25, 0.3) is 0 Å². The van der Waals surface area contributed by atoms with Crippen molar-refractivity contribution < 1.29 is 9.53 Å². The lowest BCUT2D eigenvalue weighted by Gasteiger charge is -2.24. The van der Waals surface area contributed by atoms with Crippen molar-refractivity contribution in [1.29, 1.82) is 5.26 Å². The van der Waals surface area contributed by atoms with Crippen LogP contribution in [0.2, 0.25) is 0 Å². The Morgan fingerprint density at radius 2 is 2.11 bits per heavy atom. The summed E-state index contributed by atoms with van der Waals surface area (Å²) in [7, 11) is 0. The normalized spacial score (nSPS) is 13.7. The third kappa shape index (κ3) is 7.67. The topological polar surface area (TPSA) is 50.1 Å². The Balaban J connectivity index is 4.62. The van der Waals surface area contributed by atoms with Crippen LogP contribution in [0.25, 0.3) is 0 Å². The third-order valence-electron chi connectivity index (χ3n) is 2.68. The fraction of sp³-hybridized carbons (Fsp3) is 0.600. The number of hydrogen-bond donors (Lipinski definition) is 0. The Kier molecular flexibility index (Phi) is 7.78. The molecule has 0 aromatic heterocycles. The lowest BCUT2D eigenvalue weighted by molar-refractivity contribution is -0.145. The highest BCUT2D eigenvalue weighted by Crippen LogP contribution is 2.30. The zero-order valence-corrected chi connectivity index (χ0v) is 11.8. The van der Waals surface area contributed by atoms with Gasteiger partial charge in [0.05, 0.1) is 19.1 Å². The molecule has 0 amide bonds. The number of carbonyl (C=O) groups excluding carboxylic acids is 1. The standard InChI is InChI=1S/C15H23NO2/c1-5-18-14(17)12-15(4,10-7-11-16)9-6-8-13(2)3/h7-8,10H,5-6,9,12H2,1-4H3/b10-7+. The molecule has 0 rings (SSSR count). The van der Waals surface area contributed by atoms with Crippen LogP contribution in [0.15, 0.2) is 23.8 Å². The van der Waals surface area contributed by atoms with Gasteiger partial charge in [-0.3, -0.25) is 4.79 Å². The Labute approximate surface area is 110 Å². The number of esters is 1. The molecule has 0 saturated carbocycles. The van der Waals surface area contributed by atoms with Gasteiger partial charge < -0.3 is 4.74 Å². The first-order chi connectivity index (χ1) is 8.43. The molecule has 0 aliphatic heterocycles. The molecule has 0 aliphatic rings. The van der Waals surface area contributed by atoms with Gasteiger partial charge in [0.2, 0.25) is 0 Å². The lowest BCUT2D eigenvalue weighted by atomic mass is 9.81. The lowest BCUT2D eigenvalue weighted by Crippen LogP contribution is -2.20. The SMILES string of the molecule is CCOC(=O)CC(C)(/C=C/C#N)CCC=C(C)C. The van der Waals surface area contributed by atoms with Crippen molar-refractivity contribution in [2.24, 2.45) is 5.41 Å². The number of hydrogen-bond acceptors (Lipinski definition) is 3. The summed E-state index contributed by atoms with van der Waals surface area (Å²) >= 11 is 0. The van der Waals surface area contributed by atoms with E-state index in [1.54, 1.807) is 6.92 Å². The maximum absolute atomic E-state index is 11.6. The molecule has 1 unspecified atom stereocenters. The van der Waals surface area contributed by atoms with E-state index in [9.17, 15) is 4.79 Å². The average Bonchev–Trinajstić information content (AvgIpc) is 2.26. The molecule has 0 fully saturated rings. The average molecular weight is 249 g/mol. The number of nitriles is 1. The minimum atomic E-state index is -0.312. The summed E-state index contributed by atoms with van der Waals surface area (Å²) in [5.74, 6) is -0.209. The van der Waals surface area contributed by atoms with Crippen LogP contribution < -0.4 is 0 Å². The van der Waals surface area contributed by atoms with Crippen molar-refractivity contribution in [3.63, 3.8) is 0 Å². The van der Waals surface area contributed by atoms with E-state index in [0.717, 1.165) is 12.8 Å².